The smallest absolute Gasteiger partial charge is 0.193 e. The fourth-order valence-electron chi connectivity index (χ4n) is 2.26. The highest BCUT2D eigenvalue weighted by Crippen LogP contribution is 2.13. The van der Waals surface area contributed by atoms with E-state index in [0.717, 1.165) is 37.2 Å². The van der Waals surface area contributed by atoms with E-state index in [4.69, 9.17) is 10.5 Å². The van der Waals surface area contributed by atoms with Gasteiger partial charge in [-0.1, -0.05) is 29.8 Å². The van der Waals surface area contributed by atoms with Gasteiger partial charge in [0.15, 0.2) is 5.96 Å². The van der Waals surface area contributed by atoms with Crippen molar-refractivity contribution in [3.63, 3.8) is 0 Å². The first-order valence-corrected chi connectivity index (χ1v) is 7.94. The van der Waals surface area contributed by atoms with Crippen LogP contribution in [0.25, 0.3) is 0 Å². The van der Waals surface area contributed by atoms with Gasteiger partial charge in [0.05, 0.1) is 7.11 Å². The van der Waals surface area contributed by atoms with Crippen molar-refractivity contribution in [3.8, 4) is 5.75 Å². The summed E-state index contributed by atoms with van der Waals surface area (Å²) in [7, 11) is 1.68. The molecule has 0 amide bonds. The third-order valence-electron chi connectivity index (χ3n) is 3.64. The zero-order chi connectivity index (χ0) is 16.5. The molecule has 0 aromatic heterocycles. The summed E-state index contributed by atoms with van der Waals surface area (Å²) in [5, 5.41) is 3.10. The maximum Gasteiger partial charge on any atom is 0.193 e. The maximum atomic E-state index is 5.89. The van der Waals surface area contributed by atoms with E-state index in [1.807, 2.05) is 36.4 Å². The summed E-state index contributed by atoms with van der Waals surface area (Å²) in [5.41, 5.74) is 9.41. The average Bonchev–Trinajstić information content (AvgIpc) is 2.57. The van der Waals surface area contributed by atoms with Gasteiger partial charge in [-0.3, -0.25) is 4.99 Å². The number of rotatable bonds is 7. The fourth-order valence-corrected chi connectivity index (χ4v) is 2.26. The number of guanidine groups is 1. The first-order valence-electron chi connectivity index (χ1n) is 7.94. The van der Waals surface area contributed by atoms with Crippen molar-refractivity contribution < 1.29 is 4.74 Å². The van der Waals surface area contributed by atoms with Crippen molar-refractivity contribution in [3.05, 3.63) is 59.7 Å². The summed E-state index contributed by atoms with van der Waals surface area (Å²) in [4.78, 5) is 4.36. The molecule has 130 valence electrons. The van der Waals surface area contributed by atoms with Crippen LogP contribution in [0.1, 0.15) is 24.0 Å². The Kier molecular flexibility index (Phi) is 9.22. The topological polar surface area (TPSA) is 59.6 Å². The molecule has 3 N–H and O–H groups in total. The van der Waals surface area contributed by atoms with Crippen LogP contribution in [-0.4, -0.2) is 19.6 Å². The van der Waals surface area contributed by atoms with Crippen molar-refractivity contribution in [2.45, 2.75) is 26.2 Å². The third kappa shape index (κ3) is 7.21. The number of hydrogen-bond acceptors (Lipinski definition) is 2. The Bertz CT molecular complexity index is 624. The quantitative estimate of drug-likeness (QED) is 0.292. The number of nitrogens with two attached hydrogens (primary N) is 1. The second-order valence-electron chi connectivity index (χ2n) is 5.56. The average molecular weight is 439 g/mol. The largest absolute Gasteiger partial charge is 0.497 e. The molecule has 4 nitrogen and oxygen atoms in total. The van der Waals surface area contributed by atoms with E-state index in [9.17, 15) is 0 Å². The molecular formula is C19H26IN3O. The molecule has 0 spiro atoms. The van der Waals surface area contributed by atoms with E-state index < -0.39 is 0 Å². The van der Waals surface area contributed by atoms with Gasteiger partial charge in [0.2, 0.25) is 0 Å². The van der Waals surface area contributed by atoms with Crippen LogP contribution in [0.15, 0.2) is 53.5 Å². The second-order valence-corrected chi connectivity index (χ2v) is 5.56. The van der Waals surface area contributed by atoms with Gasteiger partial charge < -0.3 is 15.8 Å². The van der Waals surface area contributed by atoms with Gasteiger partial charge in [0.25, 0.3) is 0 Å². The highest BCUT2D eigenvalue weighted by atomic mass is 127. The lowest BCUT2D eigenvalue weighted by molar-refractivity contribution is 0.414. The van der Waals surface area contributed by atoms with Gasteiger partial charge in [-0.05, 0) is 56.0 Å². The minimum absolute atomic E-state index is 0. The Morgan fingerprint density at radius 2 is 1.71 bits per heavy atom. The van der Waals surface area contributed by atoms with E-state index in [-0.39, 0.29) is 24.0 Å². The summed E-state index contributed by atoms with van der Waals surface area (Å²) in [5.74, 6) is 1.37. The van der Waals surface area contributed by atoms with Crippen LogP contribution in [0.2, 0.25) is 0 Å². The Labute approximate surface area is 161 Å². The molecule has 0 aliphatic carbocycles. The van der Waals surface area contributed by atoms with Crippen LogP contribution in [-0.2, 0) is 6.42 Å². The standard InChI is InChI=1S/C19H25N3O.HI/c1-15-6-10-17(11-7-15)22-19(20)21-14-4-3-5-16-8-12-18(23-2)13-9-16;/h6-13H,3-5,14H2,1-2H3,(H3,20,21,22);1H. The van der Waals surface area contributed by atoms with E-state index >= 15 is 0 Å². The molecule has 0 aliphatic rings. The molecule has 24 heavy (non-hydrogen) atoms. The zero-order valence-corrected chi connectivity index (χ0v) is 16.6. The number of aryl methyl sites for hydroxylation is 2. The van der Waals surface area contributed by atoms with E-state index in [1.165, 1.54) is 11.1 Å². The number of hydrogen-bond donors (Lipinski definition) is 2. The number of anilines is 1. The van der Waals surface area contributed by atoms with Gasteiger partial charge in [-0.25, -0.2) is 0 Å². The molecule has 2 rings (SSSR count). The molecule has 0 atom stereocenters. The predicted molar refractivity (Wildman–Crippen MR) is 113 cm³/mol. The summed E-state index contributed by atoms with van der Waals surface area (Å²) >= 11 is 0. The van der Waals surface area contributed by atoms with Crippen LogP contribution in [0, 0.1) is 6.92 Å². The van der Waals surface area contributed by atoms with Crippen LogP contribution in [0.5, 0.6) is 5.75 Å². The molecule has 0 unspecified atom stereocenters. The minimum Gasteiger partial charge on any atom is -0.497 e. The minimum atomic E-state index is 0. The normalized spacial score (nSPS) is 10.8. The molecule has 2 aromatic rings. The summed E-state index contributed by atoms with van der Waals surface area (Å²) in [6, 6.07) is 16.3. The zero-order valence-electron chi connectivity index (χ0n) is 14.3. The number of unbranched alkanes of at least 4 members (excludes halogenated alkanes) is 1. The predicted octanol–water partition coefficient (Wildman–Crippen LogP) is 4.37. The fraction of sp³-hybridized carbons (Fsp3) is 0.316. The van der Waals surface area contributed by atoms with Crippen molar-refractivity contribution in [2.75, 3.05) is 19.0 Å². The summed E-state index contributed by atoms with van der Waals surface area (Å²) < 4.78 is 5.16. The number of halogens is 1. The van der Waals surface area contributed by atoms with Crippen molar-refractivity contribution in [2.24, 2.45) is 10.7 Å². The van der Waals surface area contributed by atoms with Crippen molar-refractivity contribution >= 4 is 35.6 Å². The highest BCUT2D eigenvalue weighted by Gasteiger charge is 1.97. The Morgan fingerprint density at radius 3 is 2.33 bits per heavy atom. The van der Waals surface area contributed by atoms with Gasteiger partial charge >= 0.3 is 0 Å². The van der Waals surface area contributed by atoms with E-state index in [1.54, 1.807) is 7.11 Å². The Hall–Kier alpha value is -1.76. The number of methoxy groups -OCH3 is 1. The maximum absolute atomic E-state index is 5.89. The molecule has 0 aliphatic heterocycles. The first kappa shape index (κ1) is 20.3. The molecule has 5 heteroatoms. The molecule has 0 heterocycles. The van der Waals surface area contributed by atoms with Crippen LogP contribution < -0.4 is 15.8 Å². The van der Waals surface area contributed by atoms with Gasteiger partial charge in [-0.2, -0.15) is 0 Å². The third-order valence-corrected chi connectivity index (χ3v) is 3.64. The molecule has 0 bridgehead atoms. The number of nitrogens with one attached hydrogen (secondary N) is 1. The Balaban J connectivity index is 0.00000288. The van der Waals surface area contributed by atoms with Crippen LogP contribution in [0.4, 0.5) is 5.69 Å². The molecular weight excluding hydrogens is 413 g/mol. The van der Waals surface area contributed by atoms with Crippen molar-refractivity contribution in [1.29, 1.82) is 0 Å². The first-order chi connectivity index (χ1) is 11.2. The monoisotopic (exact) mass is 439 g/mol. The number of benzene rings is 2. The van der Waals surface area contributed by atoms with Gasteiger partial charge in [0, 0.05) is 12.2 Å². The lowest BCUT2D eigenvalue weighted by Gasteiger charge is -2.06. The Morgan fingerprint density at radius 1 is 1.04 bits per heavy atom. The number of ether oxygens (including phenoxy) is 1. The van der Waals surface area contributed by atoms with Gasteiger partial charge in [-0.15, -0.1) is 24.0 Å². The molecule has 0 radical (unpaired) electrons. The summed E-state index contributed by atoms with van der Waals surface area (Å²) in [6.45, 7) is 2.80. The number of aliphatic imine (C=N–C) groups is 1. The SMILES string of the molecule is COc1ccc(CCCCN=C(N)Nc2ccc(C)cc2)cc1.I. The van der Waals surface area contributed by atoms with E-state index in [0.29, 0.717) is 5.96 Å². The molecule has 0 fully saturated rings. The van der Waals surface area contributed by atoms with Crippen molar-refractivity contribution in [1.82, 2.24) is 0 Å². The molecule has 2 aromatic carbocycles. The highest BCUT2D eigenvalue weighted by molar-refractivity contribution is 14.0. The van der Waals surface area contributed by atoms with E-state index in [2.05, 4.69) is 29.4 Å². The number of nitrogens with zero attached hydrogens (tertiary/aromatic N) is 1. The van der Waals surface area contributed by atoms with Crippen LogP contribution in [0.3, 0.4) is 0 Å². The lowest BCUT2D eigenvalue weighted by atomic mass is 10.1. The van der Waals surface area contributed by atoms with Crippen LogP contribution >= 0.6 is 24.0 Å². The lowest BCUT2D eigenvalue weighted by Crippen LogP contribution is -2.22. The van der Waals surface area contributed by atoms with Gasteiger partial charge in [0.1, 0.15) is 5.75 Å². The molecule has 0 saturated carbocycles. The molecule has 0 saturated heterocycles. The second kappa shape index (κ2) is 10.9. The summed E-state index contributed by atoms with van der Waals surface area (Å²) in [6.07, 6.45) is 3.15.